The molecule has 0 aliphatic carbocycles. The lowest BCUT2D eigenvalue weighted by Gasteiger charge is -2.19. The van der Waals surface area contributed by atoms with Crippen molar-refractivity contribution in [3.05, 3.63) is 47.5 Å². The van der Waals surface area contributed by atoms with E-state index in [1.54, 1.807) is 31.2 Å². The summed E-state index contributed by atoms with van der Waals surface area (Å²) in [6.45, 7) is 2.55. The van der Waals surface area contributed by atoms with Gasteiger partial charge in [-0.1, -0.05) is 6.07 Å². The molecule has 3 N–H and O–H groups in total. The van der Waals surface area contributed by atoms with Gasteiger partial charge in [0.15, 0.2) is 11.5 Å². The Hall–Kier alpha value is -2.74. The van der Waals surface area contributed by atoms with Crippen LogP contribution in [0.15, 0.2) is 41.3 Å². The number of sulfonamides is 1. The summed E-state index contributed by atoms with van der Waals surface area (Å²) in [5, 5.41) is 0. The largest absolute Gasteiger partial charge is 0.486 e. The van der Waals surface area contributed by atoms with Gasteiger partial charge in [-0.05, 0) is 36.8 Å². The quantitative estimate of drug-likeness (QED) is 0.874. The molecule has 2 aromatic rings. The number of hydrogen-bond acceptors (Lipinski definition) is 5. The molecule has 7 nitrogen and oxygen atoms in total. The van der Waals surface area contributed by atoms with Crippen molar-refractivity contribution in [1.29, 1.82) is 0 Å². The Labute approximate surface area is 139 Å². The Kier molecular flexibility index (Phi) is 4.06. The van der Waals surface area contributed by atoms with Crippen molar-refractivity contribution < 1.29 is 22.7 Å². The summed E-state index contributed by atoms with van der Waals surface area (Å²) in [7, 11) is -3.87. The van der Waals surface area contributed by atoms with Gasteiger partial charge in [0, 0.05) is 11.6 Å². The second kappa shape index (κ2) is 6.04. The molecule has 126 valence electrons. The highest BCUT2D eigenvalue weighted by atomic mass is 32.2. The average Bonchev–Trinajstić information content (AvgIpc) is 2.54. The van der Waals surface area contributed by atoms with E-state index < -0.39 is 15.9 Å². The summed E-state index contributed by atoms with van der Waals surface area (Å²) < 4.78 is 38.3. The second-order valence-electron chi connectivity index (χ2n) is 5.30. The van der Waals surface area contributed by atoms with Gasteiger partial charge in [0.25, 0.3) is 10.0 Å². The average molecular weight is 348 g/mol. The number of aryl methyl sites for hydroxylation is 1. The number of anilines is 1. The number of carbonyl (C=O) groups excluding carboxylic acids is 1. The summed E-state index contributed by atoms with van der Waals surface area (Å²) in [4.78, 5) is 11.4. The molecule has 0 fully saturated rings. The smallest absolute Gasteiger partial charge is 0.261 e. The SMILES string of the molecule is Cc1ccc(S(=O)(=O)Nc2ccc3c(c2)OCCO3)cc1C(N)=O. The fourth-order valence-corrected chi connectivity index (χ4v) is 3.43. The number of hydrogen-bond donors (Lipinski definition) is 2. The highest BCUT2D eigenvalue weighted by Gasteiger charge is 2.19. The van der Waals surface area contributed by atoms with E-state index in [1.807, 2.05) is 0 Å². The Morgan fingerprint density at radius 3 is 2.50 bits per heavy atom. The van der Waals surface area contributed by atoms with E-state index in [-0.39, 0.29) is 10.5 Å². The molecule has 1 aliphatic heterocycles. The van der Waals surface area contributed by atoms with Gasteiger partial charge in [-0.25, -0.2) is 8.42 Å². The first-order valence-corrected chi connectivity index (χ1v) is 8.68. The number of ether oxygens (including phenoxy) is 2. The van der Waals surface area contributed by atoms with Crippen LogP contribution in [-0.2, 0) is 10.0 Å². The van der Waals surface area contributed by atoms with Crippen LogP contribution in [0.25, 0.3) is 0 Å². The van der Waals surface area contributed by atoms with Crippen LogP contribution in [0.3, 0.4) is 0 Å². The molecular weight excluding hydrogens is 332 g/mol. The van der Waals surface area contributed by atoms with Crippen LogP contribution in [0.1, 0.15) is 15.9 Å². The first kappa shape index (κ1) is 16.1. The molecule has 0 bridgehead atoms. The third-order valence-electron chi connectivity index (χ3n) is 3.58. The molecule has 0 spiro atoms. The normalized spacial score (nSPS) is 13.4. The van der Waals surface area contributed by atoms with E-state index in [0.29, 0.717) is 36.0 Å². The monoisotopic (exact) mass is 348 g/mol. The number of benzene rings is 2. The molecule has 1 amide bonds. The topological polar surface area (TPSA) is 108 Å². The van der Waals surface area contributed by atoms with Crippen molar-refractivity contribution in [3.8, 4) is 11.5 Å². The predicted molar refractivity (Wildman–Crippen MR) is 87.9 cm³/mol. The van der Waals surface area contributed by atoms with Crippen molar-refractivity contribution in [2.75, 3.05) is 17.9 Å². The number of primary amides is 1. The van der Waals surface area contributed by atoms with Crippen LogP contribution in [0, 0.1) is 6.92 Å². The molecule has 3 rings (SSSR count). The number of fused-ring (bicyclic) bond motifs is 1. The Morgan fingerprint density at radius 1 is 1.08 bits per heavy atom. The second-order valence-corrected chi connectivity index (χ2v) is 6.99. The van der Waals surface area contributed by atoms with Gasteiger partial charge >= 0.3 is 0 Å². The summed E-state index contributed by atoms with van der Waals surface area (Å²) in [5.41, 5.74) is 6.38. The minimum Gasteiger partial charge on any atom is -0.486 e. The first-order chi connectivity index (χ1) is 11.4. The van der Waals surface area contributed by atoms with Crippen LogP contribution >= 0.6 is 0 Å². The van der Waals surface area contributed by atoms with Crippen LogP contribution < -0.4 is 19.9 Å². The third kappa shape index (κ3) is 3.13. The molecule has 0 saturated heterocycles. The fourth-order valence-electron chi connectivity index (χ4n) is 2.35. The van der Waals surface area contributed by atoms with Gasteiger partial charge in [-0.15, -0.1) is 0 Å². The lowest BCUT2D eigenvalue weighted by molar-refractivity contribution is 0.0999. The molecule has 0 atom stereocenters. The molecule has 1 heterocycles. The van der Waals surface area contributed by atoms with E-state index >= 15 is 0 Å². The fraction of sp³-hybridized carbons (Fsp3) is 0.188. The zero-order valence-electron chi connectivity index (χ0n) is 12.9. The van der Waals surface area contributed by atoms with Crippen LogP contribution in [0.2, 0.25) is 0 Å². The zero-order valence-corrected chi connectivity index (χ0v) is 13.7. The van der Waals surface area contributed by atoms with Gasteiger partial charge in [0.2, 0.25) is 5.91 Å². The summed E-state index contributed by atoms with van der Waals surface area (Å²) in [5.74, 6) is 0.364. The number of amides is 1. The van der Waals surface area contributed by atoms with E-state index in [2.05, 4.69) is 4.72 Å². The van der Waals surface area contributed by atoms with Gasteiger partial charge in [0.05, 0.1) is 10.6 Å². The summed E-state index contributed by atoms with van der Waals surface area (Å²) >= 11 is 0. The Morgan fingerprint density at radius 2 is 1.79 bits per heavy atom. The molecule has 2 aromatic carbocycles. The van der Waals surface area contributed by atoms with Crippen molar-refractivity contribution >= 4 is 21.6 Å². The van der Waals surface area contributed by atoms with E-state index in [1.165, 1.54) is 12.1 Å². The molecule has 8 heteroatoms. The van der Waals surface area contributed by atoms with Gasteiger partial charge in [-0.2, -0.15) is 0 Å². The van der Waals surface area contributed by atoms with Crippen molar-refractivity contribution in [1.82, 2.24) is 0 Å². The van der Waals surface area contributed by atoms with E-state index in [9.17, 15) is 13.2 Å². The van der Waals surface area contributed by atoms with Crippen molar-refractivity contribution in [2.45, 2.75) is 11.8 Å². The molecule has 0 saturated carbocycles. The van der Waals surface area contributed by atoms with E-state index in [4.69, 9.17) is 15.2 Å². The Bertz CT molecular complexity index is 909. The lowest BCUT2D eigenvalue weighted by Crippen LogP contribution is -2.18. The van der Waals surface area contributed by atoms with Gasteiger partial charge < -0.3 is 15.2 Å². The molecule has 0 unspecified atom stereocenters. The van der Waals surface area contributed by atoms with Crippen molar-refractivity contribution in [3.63, 3.8) is 0 Å². The van der Waals surface area contributed by atoms with Crippen LogP contribution in [0.5, 0.6) is 11.5 Å². The first-order valence-electron chi connectivity index (χ1n) is 7.20. The molecule has 24 heavy (non-hydrogen) atoms. The predicted octanol–water partition coefficient (Wildman–Crippen LogP) is 1.67. The maximum Gasteiger partial charge on any atom is 0.261 e. The minimum absolute atomic E-state index is 0.0446. The highest BCUT2D eigenvalue weighted by Crippen LogP contribution is 2.33. The zero-order chi connectivity index (χ0) is 17.3. The molecule has 0 radical (unpaired) electrons. The Balaban J connectivity index is 1.91. The summed E-state index contributed by atoms with van der Waals surface area (Å²) in [6, 6.07) is 8.98. The van der Waals surface area contributed by atoms with Gasteiger partial charge in [-0.3, -0.25) is 9.52 Å². The maximum atomic E-state index is 12.5. The van der Waals surface area contributed by atoms with Crippen LogP contribution in [0.4, 0.5) is 5.69 Å². The van der Waals surface area contributed by atoms with Gasteiger partial charge in [0.1, 0.15) is 13.2 Å². The van der Waals surface area contributed by atoms with Crippen molar-refractivity contribution in [2.24, 2.45) is 5.73 Å². The third-order valence-corrected chi connectivity index (χ3v) is 4.96. The molecular formula is C16H16N2O5S. The standard InChI is InChI=1S/C16H16N2O5S/c1-10-2-4-12(9-13(10)16(17)19)24(20,21)18-11-3-5-14-15(8-11)23-7-6-22-14/h2-5,8-9,18H,6-7H2,1H3,(H2,17,19). The molecule has 1 aliphatic rings. The number of carbonyl (C=O) groups is 1. The highest BCUT2D eigenvalue weighted by molar-refractivity contribution is 7.92. The number of nitrogens with one attached hydrogen (secondary N) is 1. The maximum absolute atomic E-state index is 12.5. The number of nitrogens with two attached hydrogens (primary N) is 1. The lowest BCUT2D eigenvalue weighted by atomic mass is 10.1. The van der Waals surface area contributed by atoms with Crippen LogP contribution in [-0.4, -0.2) is 27.5 Å². The minimum atomic E-state index is -3.87. The van der Waals surface area contributed by atoms with E-state index in [0.717, 1.165) is 0 Å². The summed E-state index contributed by atoms with van der Waals surface area (Å²) in [6.07, 6.45) is 0. The number of rotatable bonds is 4. The molecule has 0 aromatic heterocycles.